The molecule has 3 aliphatic rings. The summed E-state index contributed by atoms with van der Waals surface area (Å²) in [5.74, 6) is 2.81. The van der Waals surface area contributed by atoms with Crippen molar-refractivity contribution in [3.05, 3.63) is 16.3 Å². The first-order valence-corrected chi connectivity index (χ1v) is 12.6. The fourth-order valence-corrected chi connectivity index (χ4v) is 6.70. The standard InChI is InChI=1S/C23H35N5OS/c1-3-28-8-4-5-17(28)14-24-22-21-18-7-6-16(2)13-19(18)30-23(21)26-20(25-22)15-27-9-11-29-12-10-27/h16-17H,3-15H2,1-2H3,(H,24,25,26). The molecule has 6 nitrogen and oxygen atoms in total. The number of ether oxygens (including phenoxy) is 1. The quantitative estimate of drug-likeness (QED) is 0.758. The maximum atomic E-state index is 5.52. The number of thiophene rings is 1. The van der Waals surface area contributed by atoms with Crippen molar-refractivity contribution in [3.8, 4) is 0 Å². The molecular weight excluding hydrogens is 394 g/mol. The second-order valence-corrected chi connectivity index (χ2v) is 10.3. The van der Waals surface area contributed by atoms with Gasteiger partial charge in [0.05, 0.1) is 25.1 Å². The summed E-state index contributed by atoms with van der Waals surface area (Å²) in [6, 6.07) is 0.622. The van der Waals surface area contributed by atoms with Gasteiger partial charge < -0.3 is 10.1 Å². The van der Waals surface area contributed by atoms with E-state index in [2.05, 4.69) is 29.0 Å². The summed E-state index contributed by atoms with van der Waals surface area (Å²) in [5.41, 5.74) is 1.52. The van der Waals surface area contributed by atoms with E-state index in [1.54, 1.807) is 4.88 Å². The summed E-state index contributed by atoms with van der Waals surface area (Å²) in [6.45, 7) is 12.4. The van der Waals surface area contributed by atoms with Crippen molar-refractivity contribution in [3.63, 3.8) is 0 Å². The largest absolute Gasteiger partial charge is 0.379 e. The Bertz CT molecular complexity index is 878. The number of fused-ring (bicyclic) bond motifs is 3. The van der Waals surface area contributed by atoms with Crippen LogP contribution in [0.25, 0.3) is 10.2 Å². The van der Waals surface area contributed by atoms with Crippen molar-refractivity contribution in [2.75, 3.05) is 51.3 Å². The molecule has 1 N–H and O–H groups in total. The van der Waals surface area contributed by atoms with Gasteiger partial charge in [-0.05, 0) is 56.7 Å². The summed E-state index contributed by atoms with van der Waals surface area (Å²) in [5, 5.41) is 5.10. The van der Waals surface area contributed by atoms with Crippen LogP contribution in [0.2, 0.25) is 0 Å². The van der Waals surface area contributed by atoms with Crippen LogP contribution in [-0.2, 0) is 24.1 Å². The number of hydrogen-bond acceptors (Lipinski definition) is 7. The lowest BCUT2D eigenvalue weighted by atomic mass is 9.89. The monoisotopic (exact) mass is 429 g/mol. The average Bonchev–Trinajstić information content (AvgIpc) is 3.36. The Balaban J connectivity index is 1.45. The predicted molar refractivity (Wildman–Crippen MR) is 123 cm³/mol. The molecule has 30 heavy (non-hydrogen) atoms. The Morgan fingerprint density at radius 1 is 1.17 bits per heavy atom. The third-order valence-corrected chi connectivity index (χ3v) is 8.23. The molecule has 164 valence electrons. The maximum Gasteiger partial charge on any atom is 0.146 e. The van der Waals surface area contributed by atoms with Gasteiger partial charge in [0.15, 0.2) is 0 Å². The molecule has 7 heteroatoms. The summed E-state index contributed by atoms with van der Waals surface area (Å²) < 4.78 is 5.52. The molecule has 2 unspecified atom stereocenters. The number of morpholine rings is 1. The van der Waals surface area contributed by atoms with Gasteiger partial charge in [0, 0.05) is 30.6 Å². The second-order valence-electron chi connectivity index (χ2n) is 9.21. The number of hydrogen-bond donors (Lipinski definition) is 1. The van der Waals surface area contributed by atoms with Crippen LogP contribution in [0.5, 0.6) is 0 Å². The number of anilines is 1. The van der Waals surface area contributed by atoms with Gasteiger partial charge in [0.1, 0.15) is 16.5 Å². The van der Waals surface area contributed by atoms with Crippen molar-refractivity contribution in [2.45, 2.75) is 58.5 Å². The van der Waals surface area contributed by atoms with Crippen molar-refractivity contribution in [1.82, 2.24) is 19.8 Å². The Morgan fingerprint density at radius 3 is 2.87 bits per heavy atom. The van der Waals surface area contributed by atoms with Gasteiger partial charge in [0.2, 0.25) is 0 Å². The molecule has 5 rings (SSSR count). The second kappa shape index (κ2) is 9.07. The van der Waals surface area contributed by atoms with Gasteiger partial charge in [-0.3, -0.25) is 9.80 Å². The Hall–Kier alpha value is -1.28. The van der Waals surface area contributed by atoms with Gasteiger partial charge in [-0.25, -0.2) is 9.97 Å². The van der Waals surface area contributed by atoms with Crippen LogP contribution in [-0.4, -0.2) is 71.7 Å². The van der Waals surface area contributed by atoms with E-state index >= 15 is 0 Å². The minimum atomic E-state index is 0.622. The SMILES string of the molecule is CCN1CCCC1CNc1nc(CN2CCOCC2)nc2sc3c(c12)CCC(C)C3. The Morgan fingerprint density at radius 2 is 2.03 bits per heavy atom. The number of nitrogens with one attached hydrogen (secondary N) is 1. The number of rotatable bonds is 6. The normalized spacial score (nSPS) is 25.7. The first-order valence-electron chi connectivity index (χ1n) is 11.8. The number of likely N-dealkylation sites (N-methyl/N-ethyl adjacent to an activating group) is 1. The van der Waals surface area contributed by atoms with Crippen LogP contribution in [0, 0.1) is 5.92 Å². The molecule has 2 aromatic heterocycles. The summed E-state index contributed by atoms with van der Waals surface area (Å²) in [4.78, 5) is 17.9. The fourth-order valence-electron chi connectivity index (χ4n) is 5.30. The lowest BCUT2D eigenvalue weighted by Crippen LogP contribution is -2.36. The lowest BCUT2D eigenvalue weighted by molar-refractivity contribution is 0.0331. The first kappa shape index (κ1) is 20.6. The predicted octanol–water partition coefficient (Wildman–Crippen LogP) is 3.54. The van der Waals surface area contributed by atoms with Crippen LogP contribution in [0.15, 0.2) is 0 Å². The Labute approximate surface area is 184 Å². The van der Waals surface area contributed by atoms with Crippen LogP contribution in [0.3, 0.4) is 0 Å². The molecule has 0 spiro atoms. The van der Waals surface area contributed by atoms with E-state index in [-0.39, 0.29) is 0 Å². The van der Waals surface area contributed by atoms with E-state index in [1.807, 2.05) is 11.3 Å². The van der Waals surface area contributed by atoms with E-state index in [9.17, 15) is 0 Å². The average molecular weight is 430 g/mol. The van der Waals surface area contributed by atoms with Crippen molar-refractivity contribution >= 4 is 27.4 Å². The molecule has 0 radical (unpaired) electrons. The van der Waals surface area contributed by atoms with E-state index in [0.29, 0.717) is 6.04 Å². The fraction of sp³-hybridized carbons (Fsp3) is 0.739. The molecule has 1 aliphatic carbocycles. The maximum absolute atomic E-state index is 5.52. The third kappa shape index (κ3) is 4.22. The topological polar surface area (TPSA) is 53.5 Å². The highest BCUT2D eigenvalue weighted by Crippen LogP contribution is 2.40. The van der Waals surface area contributed by atoms with Gasteiger partial charge in [-0.15, -0.1) is 11.3 Å². The van der Waals surface area contributed by atoms with Crippen molar-refractivity contribution < 1.29 is 4.74 Å². The summed E-state index contributed by atoms with van der Waals surface area (Å²) >= 11 is 1.91. The van der Waals surface area contributed by atoms with E-state index < -0.39 is 0 Å². The first-order chi connectivity index (χ1) is 14.7. The number of nitrogens with zero attached hydrogens (tertiary/aromatic N) is 4. The van der Waals surface area contributed by atoms with E-state index in [0.717, 1.165) is 63.5 Å². The highest BCUT2D eigenvalue weighted by Gasteiger charge is 2.26. The minimum absolute atomic E-state index is 0.622. The zero-order chi connectivity index (χ0) is 20.5. The van der Waals surface area contributed by atoms with E-state index in [4.69, 9.17) is 14.7 Å². The molecule has 2 fully saturated rings. The van der Waals surface area contributed by atoms with Crippen molar-refractivity contribution in [2.24, 2.45) is 5.92 Å². The number of aryl methyl sites for hydroxylation is 1. The molecule has 2 aliphatic heterocycles. The highest BCUT2D eigenvalue weighted by molar-refractivity contribution is 7.19. The molecule has 4 heterocycles. The van der Waals surface area contributed by atoms with Crippen molar-refractivity contribution in [1.29, 1.82) is 0 Å². The van der Waals surface area contributed by atoms with Crippen LogP contribution >= 0.6 is 11.3 Å². The molecule has 2 saturated heterocycles. The summed E-state index contributed by atoms with van der Waals surface area (Å²) in [6.07, 6.45) is 6.24. The minimum Gasteiger partial charge on any atom is -0.379 e. The Kier molecular flexibility index (Phi) is 6.23. The summed E-state index contributed by atoms with van der Waals surface area (Å²) in [7, 11) is 0. The zero-order valence-corrected chi connectivity index (χ0v) is 19.3. The molecule has 2 aromatic rings. The molecular formula is C23H35N5OS. The zero-order valence-electron chi connectivity index (χ0n) is 18.5. The number of aromatic nitrogens is 2. The molecule has 0 bridgehead atoms. The highest BCUT2D eigenvalue weighted by atomic mass is 32.1. The van der Waals surface area contributed by atoms with Gasteiger partial charge in [0.25, 0.3) is 0 Å². The van der Waals surface area contributed by atoms with Gasteiger partial charge in [-0.1, -0.05) is 13.8 Å². The van der Waals surface area contributed by atoms with E-state index in [1.165, 1.54) is 54.4 Å². The number of likely N-dealkylation sites (tertiary alicyclic amines) is 1. The third-order valence-electron chi connectivity index (χ3n) is 7.08. The molecule has 0 aromatic carbocycles. The smallest absolute Gasteiger partial charge is 0.146 e. The van der Waals surface area contributed by atoms with Crippen LogP contribution in [0.4, 0.5) is 5.82 Å². The molecule has 0 amide bonds. The molecule has 2 atom stereocenters. The lowest BCUT2D eigenvalue weighted by Gasteiger charge is -2.26. The van der Waals surface area contributed by atoms with Crippen LogP contribution < -0.4 is 5.32 Å². The van der Waals surface area contributed by atoms with Gasteiger partial charge >= 0.3 is 0 Å². The molecule has 0 saturated carbocycles. The van der Waals surface area contributed by atoms with Gasteiger partial charge in [-0.2, -0.15) is 0 Å². The van der Waals surface area contributed by atoms with Crippen LogP contribution in [0.1, 0.15) is 49.4 Å².